The summed E-state index contributed by atoms with van der Waals surface area (Å²) in [5, 5.41) is 11.1. The lowest BCUT2D eigenvalue weighted by Gasteiger charge is -2.23. The molecule has 1 unspecified atom stereocenters. The van der Waals surface area contributed by atoms with Crippen LogP contribution >= 0.6 is 12.4 Å². The van der Waals surface area contributed by atoms with Crippen molar-refractivity contribution in [3.05, 3.63) is 35.4 Å². The summed E-state index contributed by atoms with van der Waals surface area (Å²) in [5.74, 6) is -0.426. The Hall–Kier alpha value is -2.07. The maximum absolute atomic E-state index is 13.0. The third kappa shape index (κ3) is 4.81. The Morgan fingerprint density at radius 1 is 1.41 bits per heavy atom. The Labute approximate surface area is 160 Å². The average molecular weight is 407 g/mol. The third-order valence-corrected chi connectivity index (χ3v) is 4.40. The lowest BCUT2D eigenvalue weighted by Crippen LogP contribution is -2.32. The second-order valence-corrected chi connectivity index (χ2v) is 6.52. The molecule has 1 aliphatic heterocycles. The van der Waals surface area contributed by atoms with Gasteiger partial charge in [-0.1, -0.05) is 0 Å². The Morgan fingerprint density at radius 3 is 2.78 bits per heavy atom. The maximum Gasteiger partial charge on any atom is 0.435 e. The van der Waals surface area contributed by atoms with Crippen molar-refractivity contribution in [3.8, 4) is 0 Å². The predicted octanol–water partition coefficient (Wildman–Crippen LogP) is 2.25. The standard InChI is InChI=1S/C16H21F3N6O.ClH/c1-23(9-11-10-24(2)22-14(11)16(17,18)19)15(26)13-5-7-25(21-13)12-4-3-6-20-8-12;/h5,7,10,12,20H,3-4,6,8-9H2,1-2H3;1H. The molecule has 1 atom stereocenters. The number of carbonyl (C=O) groups is 1. The highest BCUT2D eigenvalue weighted by Crippen LogP contribution is 2.31. The first-order valence-electron chi connectivity index (χ1n) is 8.36. The highest BCUT2D eigenvalue weighted by Gasteiger charge is 2.37. The van der Waals surface area contributed by atoms with Crippen molar-refractivity contribution in [3.63, 3.8) is 0 Å². The molecule has 2 aromatic rings. The number of aryl methyl sites for hydroxylation is 1. The van der Waals surface area contributed by atoms with E-state index in [1.807, 2.05) is 0 Å². The Bertz CT molecular complexity index is 781. The van der Waals surface area contributed by atoms with E-state index in [-0.39, 0.29) is 36.3 Å². The van der Waals surface area contributed by atoms with Crippen LogP contribution in [0.5, 0.6) is 0 Å². The van der Waals surface area contributed by atoms with Crippen LogP contribution in [0.4, 0.5) is 13.2 Å². The van der Waals surface area contributed by atoms with Gasteiger partial charge in [0.2, 0.25) is 0 Å². The van der Waals surface area contributed by atoms with Crippen molar-refractivity contribution >= 4 is 18.3 Å². The Kier molecular flexibility index (Phi) is 6.53. The first-order valence-corrected chi connectivity index (χ1v) is 8.36. The molecular weight excluding hydrogens is 385 g/mol. The summed E-state index contributed by atoms with van der Waals surface area (Å²) >= 11 is 0. The van der Waals surface area contributed by atoms with E-state index in [9.17, 15) is 18.0 Å². The van der Waals surface area contributed by atoms with Crippen LogP contribution in [0.15, 0.2) is 18.5 Å². The van der Waals surface area contributed by atoms with Crippen LogP contribution in [0.1, 0.15) is 40.6 Å². The topological polar surface area (TPSA) is 68.0 Å². The summed E-state index contributed by atoms with van der Waals surface area (Å²) in [6, 6.07) is 1.78. The van der Waals surface area contributed by atoms with Crippen molar-refractivity contribution in [2.45, 2.75) is 31.6 Å². The largest absolute Gasteiger partial charge is 0.435 e. The van der Waals surface area contributed by atoms with E-state index in [0.29, 0.717) is 0 Å². The number of hydrogen-bond acceptors (Lipinski definition) is 4. The van der Waals surface area contributed by atoms with E-state index in [1.165, 1.54) is 25.2 Å². The zero-order valence-electron chi connectivity index (χ0n) is 15.0. The number of aromatic nitrogens is 4. The van der Waals surface area contributed by atoms with E-state index in [0.717, 1.165) is 30.6 Å². The van der Waals surface area contributed by atoms with Crippen LogP contribution in [0.3, 0.4) is 0 Å². The van der Waals surface area contributed by atoms with Gasteiger partial charge in [-0.25, -0.2) is 0 Å². The minimum absolute atomic E-state index is 0. The van der Waals surface area contributed by atoms with Crippen LogP contribution in [0.25, 0.3) is 0 Å². The molecule has 0 saturated carbocycles. The molecule has 2 aromatic heterocycles. The molecule has 1 fully saturated rings. The summed E-state index contributed by atoms with van der Waals surface area (Å²) in [6.45, 7) is 1.56. The van der Waals surface area contributed by atoms with Crippen LogP contribution in [-0.2, 0) is 19.8 Å². The highest BCUT2D eigenvalue weighted by molar-refractivity contribution is 5.92. The molecule has 1 N–H and O–H groups in total. The summed E-state index contributed by atoms with van der Waals surface area (Å²) in [6.07, 6.45) is 0.469. The van der Waals surface area contributed by atoms with Gasteiger partial charge in [-0.2, -0.15) is 23.4 Å². The van der Waals surface area contributed by atoms with Gasteiger partial charge in [0.25, 0.3) is 5.91 Å². The fourth-order valence-corrected chi connectivity index (χ4v) is 3.13. The number of nitrogens with zero attached hydrogens (tertiary/aromatic N) is 5. The van der Waals surface area contributed by atoms with E-state index >= 15 is 0 Å². The average Bonchev–Trinajstić information content (AvgIpc) is 3.21. The minimum atomic E-state index is -4.56. The SMILES string of the molecule is CN(Cc1cn(C)nc1C(F)(F)F)C(=O)c1ccn(C2CCCNC2)n1.Cl. The molecule has 0 aliphatic carbocycles. The van der Waals surface area contributed by atoms with Gasteiger partial charge in [0.1, 0.15) is 5.69 Å². The number of alkyl halides is 3. The van der Waals surface area contributed by atoms with Crippen LogP contribution < -0.4 is 5.32 Å². The van der Waals surface area contributed by atoms with Crippen molar-refractivity contribution < 1.29 is 18.0 Å². The fourth-order valence-electron chi connectivity index (χ4n) is 3.13. The number of carbonyl (C=O) groups excluding carboxylic acids is 1. The van der Waals surface area contributed by atoms with Gasteiger partial charge < -0.3 is 10.2 Å². The summed E-state index contributed by atoms with van der Waals surface area (Å²) in [5.41, 5.74) is -0.805. The maximum atomic E-state index is 13.0. The van der Waals surface area contributed by atoms with Gasteiger partial charge >= 0.3 is 6.18 Å². The Balaban J connectivity index is 0.00000261. The lowest BCUT2D eigenvalue weighted by molar-refractivity contribution is -0.142. The van der Waals surface area contributed by atoms with E-state index < -0.39 is 17.8 Å². The smallest absolute Gasteiger partial charge is 0.336 e. The van der Waals surface area contributed by atoms with Gasteiger partial charge in [-0.15, -0.1) is 12.4 Å². The van der Waals surface area contributed by atoms with Gasteiger partial charge in [0.15, 0.2) is 5.69 Å². The zero-order valence-corrected chi connectivity index (χ0v) is 15.8. The first kappa shape index (κ1) is 21.2. The minimum Gasteiger partial charge on any atom is -0.336 e. The second kappa shape index (κ2) is 8.30. The molecule has 1 saturated heterocycles. The molecule has 150 valence electrons. The lowest BCUT2D eigenvalue weighted by atomic mass is 10.1. The molecule has 0 spiro atoms. The van der Waals surface area contributed by atoms with E-state index in [4.69, 9.17) is 0 Å². The molecule has 3 rings (SSSR count). The molecule has 27 heavy (non-hydrogen) atoms. The quantitative estimate of drug-likeness (QED) is 0.845. The third-order valence-electron chi connectivity index (χ3n) is 4.40. The fraction of sp³-hybridized carbons (Fsp3) is 0.562. The molecule has 3 heterocycles. The molecule has 0 bridgehead atoms. The van der Waals surface area contributed by atoms with Crippen molar-refractivity contribution in [1.29, 1.82) is 0 Å². The number of amides is 1. The van der Waals surface area contributed by atoms with Crippen molar-refractivity contribution in [2.75, 3.05) is 20.1 Å². The number of halogens is 4. The summed E-state index contributed by atoms with van der Waals surface area (Å²) < 4.78 is 42.0. The van der Waals surface area contributed by atoms with Gasteiger partial charge in [0, 0.05) is 45.1 Å². The summed E-state index contributed by atoms with van der Waals surface area (Å²) in [4.78, 5) is 13.8. The molecule has 0 radical (unpaired) electrons. The van der Waals surface area contributed by atoms with Gasteiger partial charge in [-0.3, -0.25) is 14.2 Å². The molecule has 7 nitrogen and oxygen atoms in total. The normalized spacial score (nSPS) is 17.4. The monoisotopic (exact) mass is 406 g/mol. The van der Waals surface area contributed by atoms with Crippen LogP contribution in [-0.4, -0.2) is 50.5 Å². The predicted molar refractivity (Wildman–Crippen MR) is 94.6 cm³/mol. The molecule has 1 amide bonds. The van der Waals surface area contributed by atoms with Crippen molar-refractivity contribution in [1.82, 2.24) is 29.8 Å². The van der Waals surface area contributed by atoms with Gasteiger partial charge in [0.05, 0.1) is 6.04 Å². The van der Waals surface area contributed by atoms with Crippen LogP contribution in [0, 0.1) is 0 Å². The number of piperidine rings is 1. The van der Waals surface area contributed by atoms with E-state index in [1.54, 1.807) is 16.9 Å². The molecule has 1 aliphatic rings. The second-order valence-electron chi connectivity index (χ2n) is 6.52. The molecule has 0 aromatic carbocycles. The zero-order chi connectivity index (χ0) is 18.9. The van der Waals surface area contributed by atoms with Gasteiger partial charge in [-0.05, 0) is 25.5 Å². The number of hydrogen-bond donors (Lipinski definition) is 1. The van der Waals surface area contributed by atoms with Crippen molar-refractivity contribution in [2.24, 2.45) is 7.05 Å². The molecule has 11 heteroatoms. The molecular formula is C16H22ClF3N6O. The highest BCUT2D eigenvalue weighted by atomic mass is 35.5. The van der Waals surface area contributed by atoms with Crippen LogP contribution in [0.2, 0.25) is 0 Å². The number of rotatable bonds is 4. The summed E-state index contributed by atoms with van der Waals surface area (Å²) in [7, 11) is 2.87. The van der Waals surface area contributed by atoms with E-state index in [2.05, 4.69) is 15.5 Å². The Morgan fingerprint density at radius 2 is 2.15 bits per heavy atom. The first-order chi connectivity index (χ1) is 12.3. The number of nitrogens with one attached hydrogen (secondary N) is 1.